The molecule has 0 amide bonds. The Bertz CT molecular complexity index is 4170. The summed E-state index contributed by atoms with van der Waals surface area (Å²) in [5, 5.41) is 4.44. The Morgan fingerprint density at radius 2 is 0.688 bits per heavy atom. The maximum Gasteiger partial charge on any atom is 0.298 e. The normalized spacial score (nSPS) is 18.0. The minimum Gasteiger partial charge on any atom is -0.310 e. The van der Waals surface area contributed by atoms with E-state index in [-0.39, 0.29) is 12.3 Å². The number of rotatable bonds is 6. The Hall–Kier alpha value is -9.80. The van der Waals surface area contributed by atoms with Gasteiger partial charge in [-0.25, -0.2) is 29.1 Å². The fourth-order valence-electron chi connectivity index (χ4n) is 13.0. The van der Waals surface area contributed by atoms with Gasteiger partial charge in [0.2, 0.25) is 0 Å². The third-order valence-corrected chi connectivity index (χ3v) is 16.1. The predicted molar refractivity (Wildman–Crippen MR) is 309 cm³/mol. The topological polar surface area (TPSA) is 72.3 Å². The number of aryl methyl sites for hydroxylation is 4. The second kappa shape index (κ2) is 16.1. The summed E-state index contributed by atoms with van der Waals surface area (Å²) in [6.45, 7) is 8.58. The van der Waals surface area contributed by atoms with Crippen molar-refractivity contribution in [2.75, 3.05) is 9.80 Å². The van der Waals surface area contributed by atoms with Gasteiger partial charge in [0.15, 0.2) is 12.3 Å². The van der Waals surface area contributed by atoms with Crippen LogP contribution < -0.4 is 20.8 Å². The summed E-state index contributed by atoms with van der Waals surface area (Å²) in [6.07, 6.45) is -0.478. The lowest BCUT2D eigenvalue weighted by Gasteiger charge is -2.58. The first-order valence-corrected chi connectivity index (χ1v) is 26.4. The fourth-order valence-corrected chi connectivity index (χ4v) is 13.0. The second-order valence-corrected chi connectivity index (χ2v) is 21.0. The molecule has 10 heteroatoms. The highest BCUT2D eigenvalue weighted by atomic mass is 15.8. The van der Waals surface area contributed by atoms with Crippen molar-refractivity contribution in [1.82, 2.24) is 18.9 Å². The van der Waals surface area contributed by atoms with Gasteiger partial charge in [0.1, 0.15) is 34.3 Å². The lowest BCUT2D eigenvalue weighted by atomic mass is 10.1. The Morgan fingerprint density at radius 1 is 0.351 bits per heavy atom. The van der Waals surface area contributed by atoms with E-state index < -0.39 is 5.91 Å². The van der Waals surface area contributed by atoms with Crippen molar-refractivity contribution in [2.45, 2.75) is 45.9 Å². The first-order valence-electron chi connectivity index (χ1n) is 26.4. The molecule has 0 N–H and O–H groups in total. The molecule has 2 atom stereocenters. The van der Waals surface area contributed by atoms with Crippen LogP contribution in [-0.4, -0.2) is 30.6 Å². The SMILES string of the molecule is Cc1cccc(N(c2cccc(C)c2)c2cccc(N(c3cccc(C)c3)c3cccc(C)c3)c2)c1.c1ccc2c(c1)C1=Nc3c4ccccc4c4n3C35N1C2N=c1c2ccccc2c(n13)=NC1c2ccccc2C(=N4)N15. The highest BCUT2D eigenvalue weighted by Crippen LogP contribution is 2.60. The molecule has 9 aromatic carbocycles. The van der Waals surface area contributed by atoms with Gasteiger partial charge < -0.3 is 9.80 Å². The second-order valence-electron chi connectivity index (χ2n) is 21.0. The Kier molecular flexibility index (Phi) is 9.11. The van der Waals surface area contributed by atoms with Crippen molar-refractivity contribution < 1.29 is 0 Å². The average Bonchev–Trinajstić information content (AvgIpc) is 4.23. The van der Waals surface area contributed by atoms with Crippen LogP contribution in [0.15, 0.2) is 238 Å². The third-order valence-electron chi connectivity index (χ3n) is 16.1. The molecule has 0 aliphatic carbocycles. The van der Waals surface area contributed by atoms with E-state index in [4.69, 9.17) is 20.0 Å². The fraction of sp³-hybridized carbons (Fsp3) is 0.104. The summed E-state index contributed by atoms with van der Waals surface area (Å²) in [6, 6.07) is 78.0. The number of nitrogens with zero attached hydrogens (tertiary/aromatic N) is 10. The molecule has 1 spiro atoms. The number of aromatic nitrogens is 2. The molecule has 0 saturated carbocycles. The standard InChI is InChI=1S/C34H32N2.C33H18N8/c1-25-10-5-14-29(20-25)35(30-15-6-11-26(2)21-30)33-18-9-19-34(24-33)36(31-16-7-12-27(3)22-31)32-17-8-13-28(4)23-32;1-2-10-18-17(9-1)25-34-27-19-11-3-4-12-20(19)29-36-31-23-15-7-8-16-24(23)32-37-30-22-14-6-5-13-21(22)28-35-26(18)38(25)33(39(27)29,40(28)30)41(31)32/h5-24H,1-4H3;1-16,25,31H. The first-order chi connectivity index (χ1) is 37.8. The molecule has 2 aromatic heterocycles. The zero-order chi connectivity index (χ0) is 51.3. The van der Waals surface area contributed by atoms with Gasteiger partial charge in [-0.15, -0.1) is 0 Å². The lowest BCUT2D eigenvalue weighted by Crippen LogP contribution is -2.75. The summed E-state index contributed by atoms with van der Waals surface area (Å²) in [7, 11) is 0. The number of amidine groups is 2. The van der Waals surface area contributed by atoms with Crippen molar-refractivity contribution in [3.63, 3.8) is 0 Å². The summed E-state index contributed by atoms with van der Waals surface area (Å²) in [5.41, 5.74) is 18.3. The number of hydrogen-bond donors (Lipinski definition) is 0. The Labute approximate surface area is 445 Å². The van der Waals surface area contributed by atoms with Gasteiger partial charge in [0.05, 0.1) is 0 Å². The molecule has 0 bridgehead atoms. The van der Waals surface area contributed by atoms with Crippen LogP contribution in [-0.2, 0) is 5.91 Å². The quantitative estimate of drug-likeness (QED) is 0.166. The maximum atomic E-state index is 5.51. The van der Waals surface area contributed by atoms with E-state index in [2.05, 4.69) is 275 Å². The molecule has 0 radical (unpaired) electrons. The predicted octanol–water partition coefficient (Wildman–Crippen LogP) is 14.7. The molecule has 0 saturated heterocycles. The highest BCUT2D eigenvalue weighted by Gasteiger charge is 2.67. The number of anilines is 6. The van der Waals surface area contributed by atoms with E-state index in [0.717, 1.165) is 101 Å². The van der Waals surface area contributed by atoms with Crippen LogP contribution in [0, 0.1) is 27.7 Å². The summed E-state index contributed by atoms with van der Waals surface area (Å²) >= 11 is 0. The van der Waals surface area contributed by atoms with Crippen LogP contribution in [0.3, 0.4) is 0 Å². The number of benzene rings is 9. The van der Waals surface area contributed by atoms with Crippen LogP contribution in [0.5, 0.6) is 0 Å². The Balaban J connectivity index is 0.000000131. The van der Waals surface area contributed by atoms with Crippen LogP contribution in [0.4, 0.5) is 45.8 Å². The van der Waals surface area contributed by atoms with Gasteiger partial charge in [0, 0.05) is 77.9 Å². The zero-order valence-corrected chi connectivity index (χ0v) is 42.9. The van der Waals surface area contributed by atoms with Crippen molar-refractivity contribution >= 4 is 79.0 Å². The molecule has 6 aliphatic heterocycles. The first kappa shape index (κ1) is 43.6. The molecule has 368 valence electrons. The van der Waals surface area contributed by atoms with Gasteiger partial charge in [-0.05, 0) is 117 Å². The van der Waals surface area contributed by atoms with Crippen molar-refractivity contribution in [2.24, 2.45) is 20.0 Å². The van der Waals surface area contributed by atoms with Crippen molar-refractivity contribution in [3.05, 3.63) is 274 Å². The Morgan fingerprint density at radius 3 is 1.08 bits per heavy atom. The van der Waals surface area contributed by atoms with E-state index >= 15 is 0 Å². The number of fused-ring (bicyclic) bond motifs is 12. The third kappa shape index (κ3) is 6.06. The smallest absolute Gasteiger partial charge is 0.298 e. The molecular formula is C67H50N10. The molecular weight excluding hydrogens is 945 g/mol. The lowest BCUT2D eigenvalue weighted by molar-refractivity contribution is -0.130. The average molecular weight is 995 g/mol. The van der Waals surface area contributed by atoms with E-state index in [1.165, 1.54) is 33.4 Å². The molecule has 2 unspecified atom stereocenters. The summed E-state index contributed by atoms with van der Waals surface area (Å²) in [4.78, 5) is 31.5. The van der Waals surface area contributed by atoms with Gasteiger partial charge in [-0.2, -0.15) is 0 Å². The molecule has 6 aliphatic rings. The van der Waals surface area contributed by atoms with E-state index in [0.29, 0.717) is 0 Å². The van der Waals surface area contributed by atoms with Gasteiger partial charge in [0.25, 0.3) is 5.91 Å². The minimum absolute atomic E-state index is 0.239. The van der Waals surface area contributed by atoms with Crippen molar-refractivity contribution in [1.29, 1.82) is 0 Å². The van der Waals surface area contributed by atoms with Crippen LogP contribution in [0.2, 0.25) is 0 Å². The largest absolute Gasteiger partial charge is 0.310 e. The highest BCUT2D eigenvalue weighted by molar-refractivity contribution is 6.14. The monoisotopic (exact) mass is 994 g/mol. The van der Waals surface area contributed by atoms with E-state index in [1.54, 1.807) is 0 Å². The van der Waals surface area contributed by atoms with Gasteiger partial charge in [-0.3, -0.25) is 9.80 Å². The van der Waals surface area contributed by atoms with Crippen LogP contribution in [0.1, 0.15) is 56.8 Å². The van der Waals surface area contributed by atoms with Crippen molar-refractivity contribution in [3.8, 4) is 0 Å². The van der Waals surface area contributed by atoms with Gasteiger partial charge in [-0.1, -0.05) is 152 Å². The molecule has 10 nitrogen and oxygen atoms in total. The van der Waals surface area contributed by atoms with Gasteiger partial charge >= 0.3 is 0 Å². The van der Waals surface area contributed by atoms with Crippen LogP contribution in [0.25, 0.3) is 21.5 Å². The molecule has 77 heavy (non-hydrogen) atoms. The summed E-state index contributed by atoms with van der Waals surface area (Å²) in [5.74, 6) is 2.90. The van der Waals surface area contributed by atoms with Crippen LogP contribution >= 0.6 is 0 Å². The maximum absolute atomic E-state index is 5.51. The minimum atomic E-state index is -0.849. The molecule has 8 heterocycles. The number of hydrogen-bond acceptors (Lipinski definition) is 8. The zero-order valence-electron chi connectivity index (χ0n) is 42.9. The molecule has 11 aromatic rings. The molecule has 0 fully saturated rings. The number of aliphatic imine (C=N–C) groups is 2. The summed E-state index contributed by atoms with van der Waals surface area (Å²) < 4.78 is 4.75. The van der Waals surface area contributed by atoms with E-state index in [9.17, 15) is 0 Å². The molecule has 17 rings (SSSR count). The van der Waals surface area contributed by atoms with E-state index in [1.807, 2.05) is 0 Å².